The van der Waals surface area contributed by atoms with Gasteiger partial charge in [0.2, 0.25) is 5.43 Å². The summed E-state index contributed by atoms with van der Waals surface area (Å²) in [6.45, 7) is 0. The maximum Gasteiger partial charge on any atom is 0.434 e. The van der Waals surface area contributed by atoms with Crippen LogP contribution >= 0.6 is 0 Å². The highest BCUT2D eigenvalue weighted by molar-refractivity contribution is 6.05. The summed E-state index contributed by atoms with van der Waals surface area (Å²) in [6.07, 6.45) is -3.38. The zero-order valence-corrected chi connectivity index (χ0v) is 16.3. The Morgan fingerprint density at radius 2 is 1.65 bits per heavy atom. The van der Waals surface area contributed by atoms with Gasteiger partial charge in [0.05, 0.1) is 5.52 Å². The number of nitrogens with zero attached hydrogens (tertiary/aromatic N) is 2. The number of para-hydroxylation sites is 1. The van der Waals surface area contributed by atoms with Crippen LogP contribution in [0.5, 0.6) is 0 Å². The molecule has 4 rings (SSSR count). The molecule has 0 fully saturated rings. The molecule has 0 aliphatic heterocycles. The van der Waals surface area contributed by atoms with Gasteiger partial charge in [-0.3, -0.25) is 9.59 Å². The Labute approximate surface area is 174 Å². The molecule has 0 radical (unpaired) electrons. The molecule has 31 heavy (non-hydrogen) atoms. The second-order valence-corrected chi connectivity index (χ2v) is 6.91. The SMILES string of the molecule is Cn1cc(C(=O)Nc2ccc(-c3ccccc3)c(C(F)(F)F)n2)c(=O)c2ccccc21. The number of pyridine rings is 2. The monoisotopic (exact) mass is 423 g/mol. The fourth-order valence-corrected chi connectivity index (χ4v) is 3.38. The maximum atomic E-state index is 13.6. The molecular weight excluding hydrogens is 407 g/mol. The average molecular weight is 423 g/mol. The van der Waals surface area contributed by atoms with Crippen LogP contribution in [0.1, 0.15) is 16.1 Å². The number of rotatable bonds is 3. The molecule has 156 valence electrons. The standard InChI is InChI=1S/C23H16F3N3O2/c1-29-13-17(20(30)16-9-5-6-10-18(16)29)22(31)28-19-12-11-15(14-7-3-2-4-8-14)21(27-19)23(24,25)26/h2-13H,1H3,(H,27,28,31). The van der Waals surface area contributed by atoms with Crippen molar-refractivity contribution in [2.75, 3.05) is 5.32 Å². The molecule has 1 N–H and O–H groups in total. The van der Waals surface area contributed by atoms with Crippen LogP contribution in [0, 0.1) is 0 Å². The molecule has 2 aromatic heterocycles. The number of hydrogen-bond donors (Lipinski definition) is 1. The zero-order chi connectivity index (χ0) is 22.2. The Morgan fingerprint density at radius 3 is 2.35 bits per heavy atom. The van der Waals surface area contributed by atoms with Gasteiger partial charge >= 0.3 is 6.18 Å². The highest BCUT2D eigenvalue weighted by Gasteiger charge is 2.36. The highest BCUT2D eigenvalue weighted by Crippen LogP contribution is 2.36. The maximum absolute atomic E-state index is 13.6. The molecule has 2 heterocycles. The van der Waals surface area contributed by atoms with Crippen LogP contribution in [-0.2, 0) is 13.2 Å². The Hall–Kier alpha value is -3.94. The summed E-state index contributed by atoms with van der Waals surface area (Å²) in [4.78, 5) is 29.0. The van der Waals surface area contributed by atoms with Crippen LogP contribution in [0.4, 0.5) is 19.0 Å². The number of aromatic nitrogens is 2. The summed E-state index contributed by atoms with van der Waals surface area (Å²) in [6, 6.07) is 17.3. The normalized spacial score (nSPS) is 11.5. The Bertz CT molecular complexity index is 1350. The van der Waals surface area contributed by atoms with Gasteiger partial charge in [-0.15, -0.1) is 0 Å². The lowest BCUT2D eigenvalue weighted by Crippen LogP contribution is -2.24. The number of nitrogens with one attached hydrogen (secondary N) is 1. The molecule has 2 aromatic carbocycles. The smallest absolute Gasteiger partial charge is 0.350 e. The van der Waals surface area contributed by atoms with Crippen molar-refractivity contribution in [3.05, 3.63) is 94.4 Å². The molecule has 0 unspecified atom stereocenters. The van der Waals surface area contributed by atoms with Crippen molar-refractivity contribution in [3.63, 3.8) is 0 Å². The lowest BCUT2D eigenvalue weighted by Gasteiger charge is -2.14. The van der Waals surface area contributed by atoms with Crippen molar-refractivity contribution < 1.29 is 18.0 Å². The minimum absolute atomic E-state index is 0.104. The average Bonchev–Trinajstić information content (AvgIpc) is 2.76. The van der Waals surface area contributed by atoms with Crippen LogP contribution in [0.3, 0.4) is 0 Å². The fraction of sp³-hybridized carbons (Fsp3) is 0.0870. The molecule has 0 bridgehead atoms. The van der Waals surface area contributed by atoms with Gasteiger partial charge < -0.3 is 9.88 Å². The van der Waals surface area contributed by atoms with Gasteiger partial charge in [-0.05, 0) is 29.8 Å². The second kappa shape index (κ2) is 7.71. The third-order valence-electron chi connectivity index (χ3n) is 4.83. The Balaban J connectivity index is 1.73. The van der Waals surface area contributed by atoms with Gasteiger partial charge in [-0.1, -0.05) is 42.5 Å². The number of fused-ring (bicyclic) bond motifs is 1. The third kappa shape index (κ3) is 3.92. The van der Waals surface area contributed by atoms with Gasteiger partial charge in [-0.2, -0.15) is 13.2 Å². The molecular formula is C23H16F3N3O2. The Kier molecular flexibility index (Phi) is 5.06. The number of carbonyl (C=O) groups excluding carboxylic acids is 1. The van der Waals surface area contributed by atoms with E-state index in [4.69, 9.17) is 0 Å². The predicted octanol–water partition coefficient (Wildman–Crippen LogP) is 4.87. The lowest BCUT2D eigenvalue weighted by molar-refractivity contribution is -0.140. The van der Waals surface area contributed by atoms with E-state index in [1.807, 2.05) is 0 Å². The quantitative estimate of drug-likeness (QED) is 0.511. The van der Waals surface area contributed by atoms with Crippen LogP contribution in [0.25, 0.3) is 22.0 Å². The topological polar surface area (TPSA) is 64.0 Å². The summed E-state index contributed by atoms with van der Waals surface area (Å²) < 4.78 is 42.5. The molecule has 0 saturated heterocycles. The van der Waals surface area contributed by atoms with Crippen molar-refractivity contribution in [1.82, 2.24) is 9.55 Å². The van der Waals surface area contributed by atoms with Crippen molar-refractivity contribution in [3.8, 4) is 11.1 Å². The highest BCUT2D eigenvalue weighted by atomic mass is 19.4. The first-order chi connectivity index (χ1) is 14.8. The fourth-order valence-electron chi connectivity index (χ4n) is 3.38. The summed E-state index contributed by atoms with van der Waals surface area (Å²) in [5.41, 5.74) is -0.945. The zero-order valence-electron chi connectivity index (χ0n) is 16.3. The first-order valence-corrected chi connectivity index (χ1v) is 9.29. The van der Waals surface area contributed by atoms with E-state index in [1.54, 1.807) is 66.2 Å². The van der Waals surface area contributed by atoms with Gasteiger partial charge in [-0.25, -0.2) is 4.98 Å². The van der Waals surface area contributed by atoms with E-state index in [-0.39, 0.29) is 16.9 Å². The minimum atomic E-state index is -4.73. The van der Waals surface area contributed by atoms with Crippen LogP contribution in [-0.4, -0.2) is 15.5 Å². The molecule has 0 spiro atoms. The molecule has 0 aliphatic carbocycles. The first-order valence-electron chi connectivity index (χ1n) is 9.29. The lowest BCUT2D eigenvalue weighted by atomic mass is 10.0. The van der Waals surface area contributed by atoms with E-state index < -0.39 is 23.2 Å². The van der Waals surface area contributed by atoms with Crippen LogP contribution in [0.2, 0.25) is 0 Å². The van der Waals surface area contributed by atoms with E-state index in [0.717, 1.165) is 0 Å². The molecule has 0 atom stereocenters. The molecule has 5 nitrogen and oxygen atoms in total. The van der Waals surface area contributed by atoms with E-state index >= 15 is 0 Å². The van der Waals surface area contributed by atoms with Crippen LogP contribution < -0.4 is 10.7 Å². The number of anilines is 1. The van der Waals surface area contributed by atoms with E-state index in [0.29, 0.717) is 16.5 Å². The first kappa shape index (κ1) is 20.3. The van der Waals surface area contributed by atoms with Gasteiger partial charge in [0.1, 0.15) is 11.4 Å². The summed E-state index contributed by atoms with van der Waals surface area (Å²) in [5.74, 6) is -1.13. The Morgan fingerprint density at radius 1 is 0.968 bits per heavy atom. The number of amides is 1. The number of benzene rings is 2. The van der Waals surface area contributed by atoms with Gasteiger partial charge in [0, 0.05) is 24.2 Å². The molecule has 0 aliphatic rings. The van der Waals surface area contributed by atoms with Crippen molar-refractivity contribution in [2.45, 2.75) is 6.18 Å². The summed E-state index contributed by atoms with van der Waals surface area (Å²) in [5, 5.41) is 2.65. The molecule has 0 saturated carbocycles. The number of hydrogen-bond acceptors (Lipinski definition) is 3. The summed E-state index contributed by atoms with van der Waals surface area (Å²) >= 11 is 0. The van der Waals surface area contributed by atoms with Crippen molar-refractivity contribution >= 4 is 22.6 Å². The molecule has 1 amide bonds. The number of halogens is 3. The largest absolute Gasteiger partial charge is 0.434 e. The van der Waals surface area contributed by atoms with E-state index in [2.05, 4.69) is 10.3 Å². The third-order valence-corrected chi connectivity index (χ3v) is 4.83. The van der Waals surface area contributed by atoms with Crippen LogP contribution in [0.15, 0.2) is 77.7 Å². The minimum Gasteiger partial charge on any atom is -0.350 e. The number of carbonyl (C=O) groups is 1. The summed E-state index contributed by atoms with van der Waals surface area (Å²) in [7, 11) is 1.67. The van der Waals surface area contributed by atoms with Gasteiger partial charge in [0.25, 0.3) is 5.91 Å². The van der Waals surface area contributed by atoms with Crippen molar-refractivity contribution in [1.29, 1.82) is 0 Å². The second-order valence-electron chi connectivity index (χ2n) is 6.91. The molecule has 4 aromatic rings. The number of alkyl halides is 3. The number of aryl methyl sites for hydroxylation is 1. The van der Waals surface area contributed by atoms with E-state index in [1.165, 1.54) is 18.3 Å². The van der Waals surface area contributed by atoms with E-state index in [9.17, 15) is 22.8 Å². The molecule has 8 heteroatoms. The van der Waals surface area contributed by atoms with Gasteiger partial charge in [0.15, 0.2) is 5.69 Å². The van der Waals surface area contributed by atoms with Crippen molar-refractivity contribution in [2.24, 2.45) is 7.05 Å². The predicted molar refractivity (Wildman–Crippen MR) is 112 cm³/mol.